The van der Waals surface area contributed by atoms with Crippen LogP contribution in [0.1, 0.15) is 11.1 Å². The Morgan fingerprint density at radius 3 is 1.93 bits per heavy atom. The first kappa shape index (κ1) is 21.1. The van der Waals surface area contributed by atoms with Crippen molar-refractivity contribution >= 4 is 17.4 Å². The highest BCUT2D eigenvalue weighted by Crippen LogP contribution is 2.31. The van der Waals surface area contributed by atoms with Gasteiger partial charge in [-0.15, -0.1) is 0 Å². The second kappa shape index (κ2) is 10.2. The van der Waals surface area contributed by atoms with Gasteiger partial charge in [0.15, 0.2) is 0 Å². The van der Waals surface area contributed by atoms with E-state index >= 15 is 0 Å². The van der Waals surface area contributed by atoms with Crippen LogP contribution in [0.2, 0.25) is 0 Å². The number of amides is 2. The molecular formula is C20H28N2O5. The molecule has 7 heteroatoms. The van der Waals surface area contributed by atoms with E-state index in [-0.39, 0.29) is 18.4 Å². The molecule has 0 N–H and O–H groups in total. The largest absolute Gasteiger partial charge is 0.383 e. The van der Waals surface area contributed by atoms with Gasteiger partial charge in [-0.25, -0.2) is 0 Å². The lowest BCUT2D eigenvalue weighted by molar-refractivity contribution is -0.138. The van der Waals surface area contributed by atoms with E-state index in [1.807, 2.05) is 36.1 Å². The number of imide groups is 1. The molecule has 0 aliphatic carbocycles. The third-order valence-electron chi connectivity index (χ3n) is 4.45. The molecule has 1 aromatic rings. The highest BCUT2D eigenvalue weighted by Gasteiger charge is 2.41. The van der Waals surface area contributed by atoms with E-state index in [0.717, 1.165) is 11.1 Å². The smallest absolute Gasteiger partial charge is 0.277 e. The first-order valence-electron chi connectivity index (χ1n) is 8.94. The number of nitrogens with zero attached hydrogens (tertiary/aromatic N) is 2. The second-order valence-electron chi connectivity index (χ2n) is 6.32. The van der Waals surface area contributed by atoms with Crippen molar-refractivity contribution in [3.8, 4) is 0 Å². The number of ether oxygens (including phenoxy) is 3. The van der Waals surface area contributed by atoms with Crippen molar-refractivity contribution in [1.29, 1.82) is 0 Å². The topological polar surface area (TPSA) is 68.3 Å². The summed E-state index contributed by atoms with van der Waals surface area (Å²) in [4.78, 5) is 29.3. The molecule has 0 saturated carbocycles. The lowest BCUT2D eigenvalue weighted by atomic mass is 10.0. The van der Waals surface area contributed by atoms with Crippen LogP contribution in [0.25, 0.3) is 5.57 Å². The molecule has 1 aliphatic heterocycles. The minimum atomic E-state index is -0.306. The summed E-state index contributed by atoms with van der Waals surface area (Å²) in [5, 5.41) is 0. The molecule has 0 fully saturated rings. The quantitative estimate of drug-likeness (QED) is 0.543. The summed E-state index contributed by atoms with van der Waals surface area (Å²) in [7, 11) is 4.76. The zero-order valence-electron chi connectivity index (χ0n) is 16.5. The summed E-state index contributed by atoms with van der Waals surface area (Å²) < 4.78 is 15.4. The van der Waals surface area contributed by atoms with Crippen LogP contribution in [0.5, 0.6) is 0 Å². The maximum absolute atomic E-state index is 13.1. The molecule has 1 aliphatic rings. The van der Waals surface area contributed by atoms with E-state index in [9.17, 15) is 9.59 Å². The average molecular weight is 376 g/mol. The molecule has 148 valence electrons. The molecule has 0 radical (unpaired) electrons. The van der Waals surface area contributed by atoms with Gasteiger partial charge >= 0.3 is 0 Å². The number of aryl methyl sites for hydroxylation is 1. The second-order valence-corrected chi connectivity index (χ2v) is 6.32. The van der Waals surface area contributed by atoms with Crippen LogP contribution < -0.4 is 0 Å². The van der Waals surface area contributed by atoms with Crippen molar-refractivity contribution in [3.63, 3.8) is 0 Å². The van der Waals surface area contributed by atoms with Gasteiger partial charge in [-0.05, 0) is 12.5 Å². The summed E-state index contributed by atoms with van der Waals surface area (Å²) in [5.74, 6) is -0.601. The number of carbonyl (C=O) groups excluding carboxylic acids is 2. The fourth-order valence-corrected chi connectivity index (χ4v) is 2.96. The van der Waals surface area contributed by atoms with Gasteiger partial charge in [-0.1, -0.05) is 29.8 Å². The Balaban J connectivity index is 2.48. The number of hydrogen-bond donors (Lipinski definition) is 0. The van der Waals surface area contributed by atoms with Crippen molar-refractivity contribution in [2.75, 3.05) is 60.8 Å². The van der Waals surface area contributed by atoms with E-state index in [4.69, 9.17) is 14.2 Å². The van der Waals surface area contributed by atoms with Crippen molar-refractivity contribution in [1.82, 2.24) is 9.80 Å². The van der Waals surface area contributed by atoms with Gasteiger partial charge in [0.1, 0.15) is 5.70 Å². The molecular weight excluding hydrogens is 348 g/mol. The van der Waals surface area contributed by atoms with Crippen LogP contribution in [0, 0.1) is 6.92 Å². The third-order valence-corrected chi connectivity index (χ3v) is 4.45. The van der Waals surface area contributed by atoms with Crippen LogP contribution in [0.3, 0.4) is 0 Å². The SMILES string of the molecule is COCCN(CCOC)C1=C(c2ccc(C)cc2)C(=O)N(CCOC)C1=O. The normalized spacial score (nSPS) is 14.4. The Kier molecular flexibility index (Phi) is 7.97. The highest BCUT2D eigenvalue weighted by atomic mass is 16.5. The van der Waals surface area contributed by atoms with Crippen LogP contribution in [0.4, 0.5) is 0 Å². The van der Waals surface area contributed by atoms with Gasteiger partial charge in [0, 0.05) is 34.4 Å². The fraction of sp³-hybridized carbons (Fsp3) is 0.500. The van der Waals surface area contributed by atoms with E-state index in [2.05, 4.69) is 0 Å². The van der Waals surface area contributed by atoms with E-state index in [0.29, 0.717) is 44.2 Å². The first-order chi connectivity index (χ1) is 13.0. The van der Waals surface area contributed by atoms with Crippen LogP contribution >= 0.6 is 0 Å². The maximum atomic E-state index is 13.1. The summed E-state index contributed by atoms with van der Waals surface area (Å²) in [5.41, 5.74) is 2.63. The van der Waals surface area contributed by atoms with Gasteiger partial charge in [0.25, 0.3) is 11.8 Å². The number of rotatable bonds is 11. The van der Waals surface area contributed by atoms with Gasteiger partial charge in [0.05, 0.1) is 31.9 Å². The predicted octanol–water partition coefficient (Wildman–Crippen LogP) is 1.32. The van der Waals surface area contributed by atoms with E-state index in [1.165, 1.54) is 4.90 Å². The summed E-state index contributed by atoms with van der Waals surface area (Å²) in [6.07, 6.45) is 0. The Morgan fingerprint density at radius 2 is 1.41 bits per heavy atom. The molecule has 0 bridgehead atoms. The molecule has 1 heterocycles. The first-order valence-corrected chi connectivity index (χ1v) is 8.94. The average Bonchev–Trinajstić information content (AvgIpc) is 2.91. The summed E-state index contributed by atoms with van der Waals surface area (Å²) in [6, 6.07) is 7.62. The zero-order chi connectivity index (χ0) is 19.8. The Hall–Kier alpha value is -2.22. The molecule has 27 heavy (non-hydrogen) atoms. The summed E-state index contributed by atoms with van der Waals surface area (Å²) in [6.45, 7) is 4.35. The zero-order valence-corrected chi connectivity index (χ0v) is 16.5. The van der Waals surface area contributed by atoms with Gasteiger partial charge in [0.2, 0.25) is 0 Å². The van der Waals surface area contributed by atoms with Gasteiger partial charge < -0.3 is 19.1 Å². The standard InChI is InChI=1S/C20H28N2O5/c1-15-5-7-16(8-6-15)17-18(21(9-12-25-2)10-13-26-3)20(24)22(19(17)23)11-14-27-4/h5-8H,9-14H2,1-4H3. The minimum Gasteiger partial charge on any atom is -0.383 e. The number of methoxy groups -OCH3 is 3. The van der Waals surface area contributed by atoms with Crippen molar-refractivity contribution < 1.29 is 23.8 Å². The molecule has 2 rings (SSSR count). The lowest BCUT2D eigenvalue weighted by Crippen LogP contribution is -2.39. The molecule has 0 aromatic heterocycles. The Morgan fingerprint density at radius 1 is 0.852 bits per heavy atom. The minimum absolute atomic E-state index is 0.218. The predicted molar refractivity (Wildman–Crippen MR) is 102 cm³/mol. The molecule has 7 nitrogen and oxygen atoms in total. The van der Waals surface area contributed by atoms with Gasteiger partial charge in [-0.2, -0.15) is 0 Å². The molecule has 0 spiro atoms. The van der Waals surface area contributed by atoms with Crippen molar-refractivity contribution in [2.45, 2.75) is 6.92 Å². The van der Waals surface area contributed by atoms with E-state index < -0.39 is 0 Å². The Bertz CT molecular complexity index is 676. The van der Waals surface area contributed by atoms with E-state index in [1.54, 1.807) is 21.3 Å². The maximum Gasteiger partial charge on any atom is 0.277 e. The molecule has 0 atom stereocenters. The fourth-order valence-electron chi connectivity index (χ4n) is 2.96. The Labute approximate surface area is 160 Å². The van der Waals surface area contributed by atoms with Crippen molar-refractivity contribution in [3.05, 3.63) is 41.1 Å². The van der Waals surface area contributed by atoms with Crippen LogP contribution in [-0.2, 0) is 23.8 Å². The monoisotopic (exact) mass is 376 g/mol. The third kappa shape index (κ3) is 4.94. The van der Waals surface area contributed by atoms with Gasteiger partial charge in [-0.3, -0.25) is 14.5 Å². The number of hydrogen-bond acceptors (Lipinski definition) is 6. The highest BCUT2D eigenvalue weighted by molar-refractivity contribution is 6.35. The van der Waals surface area contributed by atoms with Crippen LogP contribution in [-0.4, -0.2) is 82.4 Å². The number of benzene rings is 1. The lowest BCUT2D eigenvalue weighted by Gasteiger charge is -2.25. The molecule has 0 saturated heterocycles. The van der Waals surface area contributed by atoms with Crippen LogP contribution in [0.15, 0.2) is 30.0 Å². The number of carbonyl (C=O) groups is 2. The van der Waals surface area contributed by atoms with Crippen molar-refractivity contribution in [2.24, 2.45) is 0 Å². The molecule has 1 aromatic carbocycles. The molecule has 2 amide bonds. The molecule has 0 unspecified atom stereocenters. The summed E-state index contributed by atoms with van der Waals surface area (Å²) >= 11 is 0.